The molecule has 0 unspecified atom stereocenters. The van der Waals surface area contributed by atoms with Gasteiger partial charge in [-0.2, -0.15) is 0 Å². The van der Waals surface area contributed by atoms with Crippen molar-refractivity contribution in [3.05, 3.63) is 34.2 Å². The average molecular weight is 294 g/mol. The first-order valence-corrected chi connectivity index (χ1v) is 8.07. The number of pyridine rings is 1. The Morgan fingerprint density at radius 3 is 2.35 bits per heavy atom. The maximum Gasteiger partial charge on any atom is 0.260 e. The van der Waals surface area contributed by atoms with E-state index in [1.807, 2.05) is 12.3 Å². The number of nitrogens with two attached hydrogens (primary N) is 1. The van der Waals surface area contributed by atoms with Gasteiger partial charge in [-0.05, 0) is 18.6 Å². The number of aryl methyl sites for hydroxylation is 1. The fourth-order valence-corrected chi connectivity index (χ4v) is 2.47. The Kier molecular flexibility index (Phi) is 8.19. The summed E-state index contributed by atoms with van der Waals surface area (Å²) in [7, 11) is 0. The number of rotatable bonds is 10. The molecule has 0 aromatic carbocycles. The lowest BCUT2D eigenvalue weighted by molar-refractivity contribution is 0.537. The van der Waals surface area contributed by atoms with Crippen molar-refractivity contribution >= 4 is 17.2 Å². The first kappa shape index (κ1) is 16.9. The zero-order chi connectivity index (χ0) is 14.8. The summed E-state index contributed by atoms with van der Waals surface area (Å²) in [4.78, 5) is 12.2. The SMILES string of the molecule is CCCCCCCCCCn1cccc(C(N)=S)c1=O. The predicted molar refractivity (Wildman–Crippen MR) is 89.2 cm³/mol. The van der Waals surface area contributed by atoms with Crippen LogP contribution in [0.3, 0.4) is 0 Å². The topological polar surface area (TPSA) is 48.0 Å². The summed E-state index contributed by atoms with van der Waals surface area (Å²) < 4.78 is 1.71. The number of hydrogen-bond acceptors (Lipinski definition) is 2. The molecule has 0 saturated carbocycles. The van der Waals surface area contributed by atoms with Crippen LogP contribution in [0.25, 0.3) is 0 Å². The fraction of sp³-hybridized carbons (Fsp3) is 0.625. The highest BCUT2D eigenvalue weighted by Gasteiger charge is 2.04. The van der Waals surface area contributed by atoms with Crippen LogP contribution in [0.1, 0.15) is 63.9 Å². The van der Waals surface area contributed by atoms with Crippen LogP contribution in [0.4, 0.5) is 0 Å². The van der Waals surface area contributed by atoms with Gasteiger partial charge in [-0.1, -0.05) is 64.1 Å². The van der Waals surface area contributed by atoms with Crippen LogP contribution >= 0.6 is 12.2 Å². The summed E-state index contributed by atoms with van der Waals surface area (Å²) >= 11 is 4.88. The van der Waals surface area contributed by atoms with E-state index in [4.69, 9.17) is 18.0 Å². The number of aromatic nitrogens is 1. The molecule has 1 aromatic rings. The van der Waals surface area contributed by atoms with Crippen LogP contribution < -0.4 is 11.3 Å². The molecule has 2 N–H and O–H groups in total. The van der Waals surface area contributed by atoms with Gasteiger partial charge >= 0.3 is 0 Å². The third-order valence-electron chi connectivity index (χ3n) is 3.54. The first-order valence-electron chi connectivity index (χ1n) is 7.66. The molecule has 0 atom stereocenters. The summed E-state index contributed by atoms with van der Waals surface area (Å²) in [6, 6.07) is 3.52. The van der Waals surface area contributed by atoms with Gasteiger partial charge in [0.25, 0.3) is 5.56 Å². The van der Waals surface area contributed by atoms with Crippen molar-refractivity contribution in [2.75, 3.05) is 0 Å². The van der Waals surface area contributed by atoms with E-state index in [0.717, 1.165) is 13.0 Å². The monoisotopic (exact) mass is 294 g/mol. The van der Waals surface area contributed by atoms with Gasteiger partial charge in [-0.25, -0.2) is 0 Å². The second kappa shape index (κ2) is 9.70. The maximum atomic E-state index is 12.0. The van der Waals surface area contributed by atoms with Crippen LogP contribution in [0, 0.1) is 0 Å². The minimum absolute atomic E-state index is 0.0667. The van der Waals surface area contributed by atoms with Crippen molar-refractivity contribution in [1.29, 1.82) is 0 Å². The Balaban J connectivity index is 2.27. The Morgan fingerprint density at radius 1 is 1.15 bits per heavy atom. The number of thiocarbonyl (C=S) groups is 1. The normalized spacial score (nSPS) is 10.7. The molecule has 4 heteroatoms. The van der Waals surface area contributed by atoms with E-state index in [-0.39, 0.29) is 10.5 Å². The number of nitrogens with zero attached hydrogens (tertiary/aromatic N) is 1. The van der Waals surface area contributed by atoms with Gasteiger partial charge in [0.2, 0.25) is 0 Å². The van der Waals surface area contributed by atoms with Crippen LogP contribution in [0.2, 0.25) is 0 Å². The Labute approximate surface area is 127 Å². The Hall–Kier alpha value is -1.16. The van der Waals surface area contributed by atoms with Gasteiger partial charge in [-0.3, -0.25) is 4.79 Å². The van der Waals surface area contributed by atoms with Crippen molar-refractivity contribution in [3.63, 3.8) is 0 Å². The van der Waals surface area contributed by atoms with Crippen LogP contribution in [-0.4, -0.2) is 9.56 Å². The fourth-order valence-electron chi connectivity index (χ4n) is 2.32. The van der Waals surface area contributed by atoms with Gasteiger partial charge in [0, 0.05) is 12.7 Å². The minimum atomic E-state index is -0.0667. The summed E-state index contributed by atoms with van der Waals surface area (Å²) in [5, 5.41) is 0. The zero-order valence-electron chi connectivity index (χ0n) is 12.4. The third-order valence-corrected chi connectivity index (χ3v) is 3.76. The molecule has 0 aliphatic heterocycles. The molecule has 0 bridgehead atoms. The lowest BCUT2D eigenvalue weighted by Crippen LogP contribution is -2.28. The van der Waals surface area contributed by atoms with Crippen molar-refractivity contribution in [1.82, 2.24) is 4.57 Å². The van der Waals surface area contributed by atoms with Crippen LogP contribution in [-0.2, 0) is 6.54 Å². The average Bonchev–Trinajstić information content (AvgIpc) is 2.43. The summed E-state index contributed by atoms with van der Waals surface area (Å²) in [5.41, 5.74) is 5.92. The first-order chi connectivity index (χ1) is 9.66. The standard InChI is InChI=1S/C16H26N2OS/c1-2-3-4-5-6-7-8-9-12-18-13-10-11-14(15(17)20)16(18)19/h10-11,13H,2-9,12H2,1H3,(H2,17,20). The molecule has 0 saturated heterocycles. The van der Waals surface area contributed by atoms with E-state index < -0.39 is 0 Å². The van der Waals surface area contributed by atoms with Crippen LogP contribution in [0.5, 0.6) is 0 Å². The second-order valence-corrected chi connectivity index (χ2v) is 5.70. The van der Waals surface area contributed by atoms with Gasteiger partial charge in [-0.15, -0.1) is 0 Å². The van der Waals surface area contributed by atoms with E-state index in [1.165, 1.54) is 44.9 Å². The van der Waals surface area contributed by atoms with Crippen LogP contribution in [0.15, 0.2) is 23.1 Å². The zero-order valence-corrected chi connectivity index (χ0v) is 13.3. The highest BCUT2D eigenvalue weighted by molar-refractivity contribution is 7.80. The number of hydrogen-bond donors (Lipinski definition) is 1. The molecule has 0 fully saturated rings. The van der Waals surface area contributed by atoms with Gasteiger partial charge < -0.3 is 10.3 Å². The molecule has 3 nitrogen and oxygen atoms in total. The predicted octanol–water partition coefficient (Wildman–Crippen LogP) is 3.62. The molecule has 20 heavy (non-hydrogen) atoms. The Morgan fingerprint density at radius 2 is 1.75 bits per heavy atom. The molecule has 1 aromatic heterocycles. The van der Waals surface area contributed by atoms with Crippen molar-refractivity contribution in [3.8, 4) is 0 Å². The third kappa shape index (κ3) is 5.87. The molecule has 0 radical (unpaired) electrons. The van der Waals surface area contributed by atoms with Crippen molar-refractivity contribution in [2.24, 2.45) is 5.73 Å². The van der Waals surface area contributed by atoms with Gasteiger partial charge in [0.1, 0.15) is 4.99 Å². The van der Waals surface area contributed by atoms with E-state index in [0.29, 0.717) is 5.56 Å². The molecular formula is C16H26N2OS. The quantitative estimate of drug-likeness (QED) is 0.529. The van der Waals surface area contributed by atoms with E-state index in [2.05, 4.69) is 6.92 Å². The van der Waals surface area contributed by atoms with Gasteiger partial charge in [0.05, 0.1) is 5.56 Å². The highest BCUT2D eigenvalue weighted by Crippen LogP contribution is 2.08. The van der Waals surface area contributed by atoms with Crippen molar-refractivity contribution in [2.45, 2.75) is 64.8 Å². The molecule has 0 amide bonds. The minimum Gasteiger partial charge on any atom is -0.389 e. The molecule has 0 aliphatic rings. The molecule has 112 valence electrons. The Bertz CT molecular complexity index is 468. The molecule has 0 aliphatic carbocycles. The van der Waals surface area contributed by atoms with E-state index in [9.17, 15) is 4.79 Å². The summed E-state index contributed by atoms with van der Waals surface area (Å²) in [6.45, 7) is 2.99. The molecule has 1 rings (SSSR count). The number of unbranched alkanes of at least 4 members (excludes halogenated alkanes) is 7. The van der Waals surface area contributed by atoms with Gasteiger partial charge in [0.15, 0.2) is 0 Å². The lowest BCUT2D eigenvalue weighted by Gasteiger charge is -2.07. The van der Waals surface area contributed by atoms with E-state index >= 15 is 0 Å². The highest BCUT2D eigenvalue weighted by atomic mass is 32.1. The molecule has 0 spiro atoms. The smallest absolute Gasteiger partial charge is 0.260 e. The second-order valence-electron chi connectivity index (χ2n) is 5.26. The molecule has 1 heterocycles. The largest absolute Gasteiger partial charge is 0.389 e. The maximum absolute atomic E-state index is 12.0. The van der Waals surface area contributed by atoms with Crippen molar-refractivity contribution < 1.29 is 0 Å². The summed E-state index contributed by atoms with van der Waals surface area (Å²) in [5.74, 6) is 0. The molecular weight excluding hydrogens is 268 g/mol. The lowest BCUT2D eigenvalue weighted by atomic mass is 10.1. The summed E-state index contributed by atoms with van der Waals surface area (Å²) in [6.07, 6.45) is 11.9. The van der Waals surface area contributed by atoms with E-state index in [1.54, 1.807) is 10.6 Å².